The molecule has 262 valence electrons. The summed E-state index contributed by atoms with van der Waals surface area (Å²) in [5.74, 6) is 0. The van der Waals surface area contributed by atoms with Gasteiger partial charge in [0, 0.05) is 32.9 Å². The van der Waals surface area contributed by atoms with Gasteiger partial charge in [0.15, 0.2) is 17.1 Å². The van der Waals surface area contributed by atoms with Crippen LogP contribution in [0.2, 0.25) is 0 Å². The van der Waals surface area contributed by atoms with Crippen LogP contribution in [-0.2, 0) is 0 Å². The van der Waals surface area contributed by atoms with Crippen molar-refractivity contribution in [3.63, 3.8) is 0 Å². The first-order chi connectivity index (χ1) is 28.1. The van der Waals surface area contributed by atoms with Crippen molar-refractivity contribution in [2.45, 2.75) is 0 Å². The van der Waals surface area contributed by atoms with Crippen molar-refractivity contribution in [3.8, 4) is 28.2 Å². The van der Waals surface area contributed by atoms with Gasteiger partial charge in [0.25, 0.3) is 0 Å². The van der Waals surface area contributed by atoms with E-state index in [-0.39, 0.29) is 0 Å². The zero-order chi connectivity index (χ0) is 38.2. The van der Waals surface area contributed by atoms with Gasteiger partial charge in [0.1, 0.15) is 0 Å². The molecule has 11 rings (SSSR count). The Morgan fingerprint density at radius 1 is 0.316 bits per heavy atom. The van der Waals surface area contributed by atoms with Gasteiger partial charge in [-0.05, 0) is 107 Å². The van der Waals surface area contributed by atoms with E-state index < -0.39 is 0 Å². The molecule has 57 heavy (non-hydrogen) atoms. The maximum absolute atomic E-state index is 8.11. The van der Waals surface area contributed by atoms with Gasteiger partial charge in [-0.3, -0.25) is 0 Å². The van der Waals surface area contributed by atoms with E-state index in [2.05, 4.69) is 143 Å². The lowest BCUT2D eigenvalue weighted by Crippen LogP contribution is -1.97. The van der Waals surface area contributed by atoms with Crippen LogP contribution < -0.4 is 0 Å². The van der Waals surface area contributed by atoms with Gasteiger partial charge in [-0.1, -0.05) is 84.9 Å². The number of hydrogen-bond acceptors (Lipinski definition) is 0. The first-order valence-corrected chi connectivity index (χ1v) is 18.6. The summed E-state index contributed by atoms with van der Waals surface area (Å²) >= 11 is 0. The van der Waals surface area contributed by atoms with Crippen LogP contribution in [0.1, 0.15) is 0 Å². The number of aromatic nitrogens is 3. The Morgan fingerprint density at radius 2 is 0.825 bits per heavy atom. The van der Waals surface area contributed by atoms with Gasteiger partial charge in [0.2, 0.25) is 0 Å². The largest absolute Gasteiger partial charge is 0.311 e. The molecule has 3 aromatic heterocycles. The van der Waals surface area contributed by atoms with Crippen molar-refractivity contribution in [1.82, 2.24) is 13.7 Å². The second kappa shape index (κ2) is 12.3. The minimum absolute atomic E-state index is 0.538. The zero-order valence-corrected chi connectivity index (χ0v) is 30.3. The van der Waals surface area contributed by atoms with E-state index in [9.17, 15) is 0 Å². The highest BCUT2D eigenvalue weighted by atomic mass is 15.0. The van der Waals surface area contributed by atoms with Crippen LogP contribution in [0.5, 0.6) is 0 Å². The maximum Gasteiger partial charge on any atom is 0.189 e. The van der Waals surface area contributed by atoms with E-state index in [1.807, 2.05) is 54.6 Å². The number of rotatable bonds is 4. The van der Waals surface area contributed by atoms with Crippen molar-refractivity contribution >= 4 is 82.5 Å². The monoisotopic (exact) mass is 724 g/mol. The molecule has 0 atom stereocenters. The summed E-state index contributed by atoms with van der Waals surface area (Å²) in [7, 11) is 0. The molecular weight excluding hydrogens is 697 g/mol. The third-order valence-electron chi connectivity index (χ3n) is 11.2. The normalized spacial score (nSPS) is 11.5. The zero-order valence-electron chi connectivity index (χ0n) is 30.3. The summed E-state index contributed by atoms with van der Waals surface area (Å²) in [6.45, 7) is 23.6. The van der Waals surface area contributed by atoms with Gasteiger partial charge in [-0.25, -0.2) is 14.5 Å². The van der Waals surface area contributed by atoms with Crippen molar-refractivity contribution < 1.29 is 0 Å². The van der Waals surface area contributed by atoms with Crippen LogP contribution >= 0.6 is 0 Å². The summed E-state index contributed by atoms with van der Waals surface area (Å²) in [5.41, 5.74) is 12.8. The molecule has 0 spiro atoms. The van der Waals surface area contributed by atoms with Gasteiger partial charge in [-0.2, -0.15) is 0 Å². The van der Waals surface area contributed by atoms with Crippen molar-refractivity contribution in [2.75, 3.05) is 0 Å². The van der Waals surface area contributed by atoms with Gasteiger partial charge in [-0.15, -0.1) is 0 Å². The molecule has 0 bridgehead atoms. The molecule has 6 nitrogen and oxygen atoms in total. The predicted octanol–water partition coefficient (Wildman–Crippen LogP) is 14.3. The van der Waals surface area contributed by atoms with Gasteiger partial charge >= 0.3 is 0 Å². The highest BCUT2D eigenvalue weighted by Crippen LogP contribution is 2.42. The lowest BCUT2D eigenvalue weighted by atomic mass is 10.0. The van der Waals surface area contributed by atoms with E-state index in [1.165, 1.54) is 10.8 Å². The standard InChI is InChI=1S/C51H28N6/c1-52-34-22-24-47-42(30-34)41-16-6-7-17-44(41)56(47)38-28-33(26-36(29-38)54-3)32-12-10-13-37(27-32)55-48-25-23-35(53-2)31-43(48)51-49(55)20-11-21-50(51)57-45-18-8-4-14-39(45)40-15-5-9-19-46(40)57/h4-31H. The first kappa shape index (κ1) is 32.1. The molecule has 0 fully saturated rings. The molecule has 0 unspecified atom stereocenters. The smallest absolute Gasteiger partial charge is 0.189 e. The molecule has 0 aliphatic carbocycles. The number of benzene rings is 8. The molecular formula is C51H28N6. The van der Waals surface area contributed by atoms with Gasteiger partial charge < -0.3 is 13.7 Å². The third kappa shape index (κ3) is 4.74. The first-order valence-electron chi connectivity index (χ1n) is 18.6. The average molecular weight is 725 g/mol. The number of fused-ring (bicyclic) bond motifs is 9. The fourth-order valence-corrected chi connectivity index (χ4v) is 8.84. The molecule has 0 N–H and O–H groups in total. The van der Waals surface area contributed by atoms with Crippen molar-refractivity contribution in [3.05, 3.63) is 204 Å². The highest BCUT2D eigenvalue weighted by molar-refractivity contribution is 6.17. The molecule has 3 heterocycles. The summed E-state index contributed by atoms with van der Waals surface area (Å²) in [5, 5.41) is 6.52. The molecule has 0 radical (unpaired) electrons. The SMILES string of the molecule is [C-]#[N+]c1cc(-c2cccc(-n3c4ccc([N+]#[C-])cc4c4c(-n5c6ccccc6c6ccccc65)cccc43)c2)cc(-n2c3ccccc3c3cc([N+]#[C-])ccc32)c1. The van der Waals surface area contributed by atoms with Crippen LogP contribution in [0.25, 0.3) is 108 Å². The van der Waals surface area contributed by atoms with E-state index in [0.29, 0.717) is 17.1 Å². The second-order valence-corrected chi connectivity index (χ2v) is 14.3. The Hall–Kier alpha value is -8.37. The van der Waals surface area contributed by atoms with Crippen LogP contribution in [-0.4, -0.2) is 13.7 Å². The van der Waals surface area contributed by atoms with E-state index >= 15 is 0 Å². The molecule has 11 aromatic rings. The summed E-state index contributed by atoms with van der Waals surface area (Å²) in [6.07, 6.45) is 0. The average Bonchev–Trinajstić information content (AvgIpc) is 3.91. The van der Waals surface area contributed by atoms with Crippen LogP contribution in [0.3, 0.4) is 0 Å². The summed E-state index contributed by atoms with van der Waals surface area (Å²) < 4.78 is 6.84. The molecule has 0 aliphatic heterocycles. The Labute approximate surface area is 327 Å². The lowest BCUT2D eigenvalue weighted by molar-refractivity contribution is 1.17. The highest BCUT2D eigenvalue weighted by Gasteiger charge is 2.21. The fourth-order valence-electron chi connectivity index (χ4n) is 8.84. The predicted molar refractivity (Wildman–Crippen MR) is 234 cm³/mol. The Morgan fingerprint density at radius 3 is 1.49 bits per heavy atom. The summed E-state index contributed by atoms with van der Waals surface area (Å²) in [4.78, 5) is 11.5. The number of nitrogens with zero attached hydrogens (tertiary/aromatic N) is 6. The maximum atomic E-state index is 8.11. The van der Waals surface area contributed by atoms with Crippen molar-refractivity contribution in [2.24, 2.45) is 0 Å². The number of hydrogen-bond donors (Lipinski definition) is 0. The van der Waals surface area contributed by atoms with Crippen LogP contribution in [0.4, 0.5) is 17.1 Å². The molecule has 0 saturated carbocycles. The third-order valence-corrected chi connectivity index (χ3v) is 11.2. The molecule has 8 aromatic carbocycles. The van der Waals surface area contributed by atoms with Crippen molar-refractivity contribution in [1.29, 1.82) is 0 Å². The minimum Gasteiger partial charge on any atom is -0.311 e. The van der Waals surface area contributed by atoms with E-state index in [1.54, 1.807) is 0 Å². The minimum atomic E-state index is 0.538. The second-order valence-electron chi connectivity index (χ2n) is 14.3. The Kier molecular flexibility index (Phi) is 6.95. The quantitative estimate of drug-likeness (QED) is 0.162. The molecule has 0 aliphatic rings. The fraction of sp³-hybridized carbons (Fsp3) is 0. The van der Waals surface area contributed by atoms with Crippen LogP contribution in [0.15, 0.2) is 170 Å². The Balaban J connectivity index is 1.14. The molecule has 0 amide bonds. The van der Waals surface area contributed by atoms with Gasteiger partial charge in [0.05, 0.1) is 58.5 Å². The lowest BCUT2D eigenvalue weighted by Gasteiger charge is -2.14. The molecule has 0 saturated heterocycles. The summed E-state index contributed by atoms with van der Waals surface area (Å²) in [6, 6.07) is 58.1. The molecule has 6 heteroatoms. The van der Waals surface area contributed by atoms with E-state index in [4.69, 9.17) is 19.7 Å². The van der Waals surface area contributed by atoms with Crippen LogP contribution in [0, 0.1) is 19.7 Å². The Bertz CT molecular complexity index is 3580. The van der Waals surface area contributed by atoms with E-state index in [0.717, 1.165) is 82.8 Å². The topological polar surface area (TPSA) is 27.9 Å². The number of para-hydroxylation sites is 3.